The first-order chi connectivity index (χ1) is 8.20. The second-order valence-corrected chi connectivity index (χ2v) is 4.35. The Kier molecular flexibility index (Phi) is 2.11. The molecular formula is C13H14N2O2. The summed E-state index contributed by atoms with van der Waals surface area (Å²) in [5.74, 6) is 0.823. The van der Waals surface area contributed by atoms with Crippen molar-refractivity contribution < 1.29 is 9.53 Å². The van der Waals surface area contributed by atoms with Crippen LogP contribution < -0.4 is 10.1 Å². The van der Waals surface area contributed by atoms with Gasteiger partial charge in [0.2, 0.25) is 0 Å². The average molecular weight is 230 g/mol. The van der Waals surface area contributed by atoms with Crippen LogP contribution in [0.1, 0.15) is 21.6 Å². The fraction of sp³-hybridized carbons (Fsp3) is 0.308. The molecule has 4 nitrogen and oxygen atoms in total. The van der Waals surface area contributed by atoms with Crippen LogP contribution in [0.15, 0.2) is 12.1 Å². The van der Waals surface area contributed by atoms with Gasteiger partial charge < -0.3 is 15.0 Å². The Morgan fingerprint density at radius 2 is 2.18 bits per heavy atom. The lowest BCUT2D eigenvalue weighted by molar-refractivity contribution is 0.0942. The number of amides is 1. The van der Waals surface area contributed by atoms with E-state index in [2.05, 4.69) is 10.3 Å². The number of hydrogen-bond donors (Lipinski definition) is 2. The number of carbonyl (C=O) groups is 1. The van der Waals surface area contributed by atoms with E-state index < -0.39 is 0 Å². The molecule has 0 saturated heterocycles. The Morgan fingerprint density at radius 3 is 2.94 bits per heavy atom. The van der Waals surface area contributed by atoms with Gasteiger partial charge in [-0.15, -0.1) is 0 Å². The van der Waals surface area contributed by atoms with Crippen molar-refractivity contribution in [3.8, 4) is 5.75 Å². The minimum atomic E-state index is -0.0131. The van der Waals surface area contributed by atoms with Gasteiger partial charge in [-0.05, 0) is 36.6 Å². The molecule has 0 saturated carbocycles. The molecule has 2 heterocycles. The number of aryl methyl sites for hydroxylation is 1. The highest BCUT2D eigenvalue weighted by atomic mass is 16.5. The number of carbonyl (C=O) groups excluding carboxylic acids is 1. The van der Waals surface area contributed by atoms with Crippen LogP contribution in [0.3, 0.4) is 0 Å². The van der Waals surface area contributed by atoms with Crippen LogP contribution in [0.2, 0.25) is 0 Å². The Hall–Kier alpha value is -1.97. The fourth-order valence-corrected chi connectivity index (χ4v) is 2.45. The summed E-state index contributed by atoms with van der Waals surface area (Å²) in [6, 6.07) is 3.97. The molecule has 1 aliphatic rings. The van der Waals surface area contributed by atoms with Gasteiger partial charge in [0, 0.05) is 17.4 Å². The summed E-state index contributed by atoms with van der Waals surface area (Å²) in [6.07, 6.45) is 0.869. The first-order valence-corrected chi connectivity index (χ1v) is 5.68. The zero-order chi connectivity index (χ0) is 12.0. The SMILES string of the molecule is COc1cc(C)c2[nH]c3c(c2c1)CCNC3=O. The lowest BCUT2D eigenvalue weighted by atomic mass is 10.0. The quantitative estimate of drug-likeness (QED) is 0.784. The van der Waals surface area contributed by atoms with Crippen LogP contribution in [0, 0.1) is 6.92 Å². The van der Waals surface area contributed by atoms with Gasteiger partial charge in [-0.2, -0.15) is 0 Å². The Balaban J connectivity index is 2.34. The maximum atomic E-state index is 11.7. The highest BCUT2D eigenvalue weighted by Crippen LogP contribution is 2.30. The van der Waals surface area contributed by atoms with Gasteiger partial charge in [-0.3, -0.25) is 4.79 Å². The second kappa shape index (κ2) is 3.52. The third kappa shape index (κ3) is 1.40. The molecule has 0 atom stereocenters. The molecule has 0 radical (unpaired) electrons. The average Bonchev–Trinajstić information content (AvgIpc) is 2.70. The number of hydrogen-bond acceptors (Lipinski definition) is 2. The third-order valence-corrected chi connectivity index (χ3v) is 3.31. The van der Waals surface area contributed by atoms with Crippen molar-refractivity contribution in [3.63, 3.8) is 0 Å². The fourth-order valence-electron chi connectivity index (χ4n) is 2.45. The van der Waals surface area contributed by atoms with E-state index in [-0.39, 0.29) is 5.91 Å². The molecule has 0 unspecified atom stereocenters. The number of aromatic nitrogens is 1. The summed E-state index contributed by atoms with van der Waals surface area (Å²) in [4.78, 5) is 15.0. The number of benzene rings is 1. The molecule has 17 heavy (non-hydrogen) atoms. The Labute approximate surface area is 99.0 Å². The summed E-state index contributed by atoms with van der Waals surface area (Å²) >= 11 is 0. The molecule has 1 aromatic carbocycles. The zero-order valence-corrected chi connectivity index (χ0v) is 9.89. The molecule has 2 aromatic rings. The van der Waals surface area contributed by atoms with Crippen molar-refractivity contribution >= 4 is 16.8 Å². The van der Waals surface area contributed by atoms with Gasteiger partial charge in [0.1, 0.15) is 11.4 Å². The van der Waals surface area contributed by atoms with Crippen molar-refractivity contribution in [2.24, 2.45) is 0 Å². The lowest BCUT2D eigenvalue weighted by Gasteiger charge is -2.12. The van der Waals surface area contributed by atoms with Gasteiger partial charge in [0.05, 0.1) is 7.11 Å². The van der Waals surface area contributed by atoms with E-state index >= 15 is 0 Å². The van der Waals surface area contributed by atoms with Crippen molar-refractivity contribution in [2.45, 2.75) is 13.3 Å². The molecule has 1 amide bonds. The van der Waals surface area contributed by atoms with E-state index in [0.717, 1.165) is 34.2 Å². The predicted molar refractivity (Wildman–Crippen MR) is 65.6 cm³/mol. The Morgan fingerprint density at radius 1 is 1.35 bits per heavy atom. The summed E-state index contributed by atoms with van der Waals surface area (Å²) in [5, 5.41) is 3.95. The number of rotatable bonds is 1. The number of nitrogens with one attached hydrogen (secondary N) is 2. The third-order valence-electron chi connectivity index (χ3n) is 3.31. The lowest BCUT2D eigenvalue weighted by Crippen LogP contribution is -2.31. The molecule has 2 N–H and O–H groups in total. The molecule has 0 fully saturated rings. The monoisotopic (exact) mass is 230 g/mol. The highest BCUT2D eigenvalue weighted by molar-refractivity contribution is 6.03. The minimum absolute atomic E-state index is 0.0131. The Bertz CT molecular complexity index is 613. The predicted octanol–water partition coefficient (Wildman–Crippen LogP) is 1.77. The minimum Gasteiger partial charge on any atom is -0.497 e. The second-order valence-electron chi connectivity index (χ2n) is 4.35. The summed E-state index contributed by atoms with van der Waals surface area (Å²) < 4.78 is 5.28. The van der Waals surface area contributed by atoms with Crippen molar-refractivity contribution in [1.29, 1.82) is 0 Å². The van der Waals surface area contributed by atoms with Crippen molar-refractivity contribution in [2.75, 3.05) is 13.7 Å². The standard InChI is InChI=1S/C13H14N2O2/c1-7-5-8(17-2)6-10-9-3-4-14-13(16)12(9)15-11(7)10/h5-6,15H,3-4H2,1-2H3,(H,14,16). The molecule has 3 rings (SSSR count). The number of H-pyrrole nitrogens is 1. The van der Waals surface area contributed by atoms with Gasteiger partial charge in [-0.1, -0.05) is 0 Å². The molecule has 0 aliphatic carbocycles. The molecule has 1 aliphatic heterocycles. The van der Waals surface area contributed by atoms with E-state index in [0.29, 0.717) is 12.2 Å². The van der Waals surface area contributed by atoms with E-state index in [1.807, 2.05) is 19.1 Å². The van der Waals surface area contributed by atoms with E-state index in [4.69, 9.17) is 4.74 Å². The smallest absolute Gasteiger partial charge is 0.268 e. The van der Waals surface area contributed by atoms with Gasteiger partial charge >= 0.3 is 0 Å². The first-order valence-electron chi connectivity index (χ1n) is 5.68. The molecule has 4 heteroatoms. The maximum absolute atomic E-state index is 11.7. The zero-order valence-electron chi connectivity index (χ0n) is 9.89. The van der Waals surface area contributed by atoms with Crippen LogP contribution in [-0.4, -0.2) is 24.5 Å². The van der Waals surface area contributed by atoms with Crippen LogP contribution >= 0.6 is 0 Å². The molecule has 0 spiro atoms. The van der Waals surface area contributed by atoms with Crippen LogP contribution in [-0.2, 0) is 6.42 Å². The number of ether oxygens (including phenoxy) is 1. The van der Waals surface area contributed by atoms with Crippen LogP contribution in [0.4, 0.5) is 0 Å². The largest absolute Gasteiger partial charge is 0.497 e. The number of fused-ring (bicyclic) bond motifs is 3. The van der Waals surface area contributed by atoms with Crippen molar-refractivity contribution in [3.05, 3.63) is 29.0 Å². The molecule has 88 valence electrons. The van der Waals surface area contributed by atoms with Crippen LogP contribution in [0.25, 0.3) is 10.9 Å². The molecular weight excluding hydrogens is 216 g/mol. The first kappa shape index (κ1) is 10.2. The summed E-state index contributed by atoms with van der Waals surface area (Å²) in [7, 11) is 1.66. The molecule has 0 bridgehead atoms. The van der Waals surface area contributed by atoms with E-state index in [1.165, 1.54) is 0 Å². The van der Waals surface area contributed by atoms with Gasteiger partial charge in [0.15, 0.2) is 0 Å². The van der Waals surface area contributed by atoms with Gasteiger partial charge in [0.25, 0.3) is 5.91 Å². The number of aromatic amines is 1. The van der Waals surface area contributed by atoms with Crippen molar-refractivity contribution in [1.82, 2.24) is 10.3 Å². The van der Waals surface area contributed by atoms with E-state index in [1.54, 1.807) is 7.11 Å². The number of methoxy groups -OCH3 is 1. The summed E-state index contributed by atoms with van der Waals surface area (Å²) in [6.45, 7) is 2.72. The molecule has 1 aromatic heterocycles. The highest BCUT2D eigenvalue weighted by Gasteiger charge is 2.22. The van der Waals surface area contributed by atoms with Crippen LogP contribution in [0.5, 0.6) is 5.75 Å². The maximum Gasteiger partial charge on any atom is 0.268 e. The topological polar surface area (TPSA) is 54.1 Å². The van der Waals surface area contributed by atoms with Gasteiger partial charge in [-0.25, -0.2) is 0 Å². The normalized spacial score (nSPS) is 14.6. The summed E-state index contributed by atoms with van der Waals surface area (Å²) in [5.41, 5.74) is 3.93. The van der Waals surface area contributed by atoms with E-state index in [9.17, 15) is 4.79 Å².